The molecule has 7 heteroatoms. The molecular formula is C18H27Cl3N2O2. The van der Waals surface area contributed by atoms with Gasteiger partial charge in [0, 0.05) is 35.0 Å². The van der Waals surface area contributed by atoms with Crippen LogP contribution in [0.1, 0.15) is 39.2 Å². The summed E-state index contributed by atoms with van der Waals surface area (Å²) in [7, 11) is 0. The van der Waals surface area contributed by atoms with Crippen molar-refractivity contribution in [3.63, 3.8) is 0 Å². The minimum absolute atomic E-state index is 0. The summed E-state index contributed by atoms with van der Waals surface area (Å²) in [6.07, 6.45) is 2.16. The molecule has 0 heterocycles. The Balaban J connectivity index is 0.00000312. The molecule has 1 aliphatic rings. The molecule has 1 aromatic rings. The van der Waals surface area contributed by atoms with Gasteiger partial charge in [-0.2, -0.15) is 0 Å². The zero-order valence-corrected chi connectivity index (χ0v) is 17.2. The van der Waals surface area contributed by atoms with Crippen LogP contribution in [0.3, 0.4) is 0 Å². The smallest absolute Gasteiger partial charge is 0.240 e. The lowest BCUT2D eigenvalue weighted by Gasteiger charge is -2.57. The Morgan fingerprint density at radius 2 is 2.08 bits per heavy atom. The van der Waals surface area contributed by atoms with E-state index in [2.05, 4.69) is 5.32 Å². The van der Waals surface area contributed by atoms with E-state index in [1.807, 2.05) is 32.9 Å². The van der Waals surface area contributed by atoms with E-state index in [0.717, 1.165) is 18.4 Å². The van der Waals surface area contributed by atoms with Crippen LogP contribution in [-0.2, 0) is 16.0 Å². The molecule has 0 aliphatic heterocycles. The van der Waals surface area contributed by atoms with Gasteiger partial charge in [0.2, 0.25) is 5.91 Å². The number of rotatable bonds is 7. The first-order valence-corrected chi connectivity index (χ1v) is 9.10. The number of hydrogen-bond acceptors (Lipinski definition) is 3. The quantitative estimate of drug-likeness (QED) is 0.669. The van der Waals surface area contributed by atoms with E-state index in [1.54, 1.807) is 6.07 Å². The van der Waals surface area contributed by atoms with E-state index in [0.29, 0.717) is 29.6 Å². The second kappa shape index (κ2) is 8.92. The number of carbonyl (C=O) groups excluding carboxylic acids is 1. The zero-order valence-electron chi connectivity index (χ0n) is 14.9. The van der Waals surface area contributed by atoms with E-state index in [-0.39, 0.29) is 29.8 Å². The average molecular weight is 410 g/mol. The number of nitrogens with two attached hydrogens (primary N) is 1. The molecule has 0 aromatic heterocycles. The normalized spacial score (nSPS) is 24.2. The molecule has 0 saturated heterocycles. The molecule has 1 amide bonds. The van der Waals surface area contributed by atoms with Gasteiger partial charge in [-0.25, -0.2) is 0 Å². The number of amides is 1. The summed E-state index contributed by atoms with van der Waals surface area (Å²) in [4.78, 5) is 12.5. The maximum absolute atomic E-state index is 12.5. The summed E-state index contributed by atoms with van der Waals surface area (Å²) in [6, 6.07) is 5.47. The van der Waals surface area contributed by atoms with Crippen molar-refractivity contribution in [3.8, 4) is 0 Å². The van der Waals surface area contributed by atoms with Crippen LogP contribution >= 0.6 is 35.6 Å². The Morgan fingerprint density at radius 3 is 2.64 bits per heavy atom. The predicted octanol–water partition coefficient (Wildman–Crippen LogP) is 4.00. The Hall–Kier alpha value is -0.520. The van der Waals surface area contributed by atoms with Crippen molar-refractivity contribution >= 4 is 41.5 Å². The molecule has 2 rings (SSSR count). The van der Waals surface area contributed by atoms with E-state index in [9.17, 15) is 4.79 Å². The lowest BCUT2D eigenvalue weighted by Crippen LogP contribution is -2.75. The van der Waals surface area contributed by atoms with Crippen molar-refractivity contribution in [2.45, 2.75) is 51.7 Å². The highest BCUT2D eigenvalue weighted by Crippen LogP contribution is 2.49. The molecule has 0 bridgehead atoms. The van der Waals surface area contributed by atoms with Crippen LogP contribution < -0.4 is 11.1 Å². The Kier molecular flexibility index (Phi) is 8.03. The van der Waals surface area contributed by atoms with E-state index < -0.39 is 5.54 Å². The topological polar surface area (TPSA) is 64.3 Å². The Labute approximate surface area is 166 Å². The molecule has 1 aromatic carbocycles. The number of halogens is 3. The van der Waals surface area contributed by atoms with E-state index >= 15 is 0 Å². The predicted molar refractivity (Wildman–Crippen MR) is 106 cm³/mol. The lowest BCUT2D eigenvalue weighted by atomic mass is 9.54. The fourth-order valence-electron chi connectivity index (χ4n) is 3.18. The summed E-state index contributed by atoms with van der Waals surface area (Å²) in [5.41, 5.74) is 6.14. The Bertz CT molecular complexity index is 610. The molecule has 4 nitrogen and oxygen atoms in total. The SMILES string of the molecule is CCOC1CC(N)(C(=O)NCCCc2ccc(Cl)cc2Cl)C1(C)C.Cl. The molecule has 1 saturated carbocycles. The third-order valence-electron chi connectivity index (χ3n) is 5.16. The standard InChI is InChI=1S/C18H26Cl2N2O2.ClH/c1-4-24-15-11-18(21,17(15,2)3)16(23)22-9-5-6-12-7-8-13(19)10-14(12)20;/h7-8,10,15H,4-6,9,11,21H2,1-3H3,(H,22,23);1H. The van der Waals surface area contributed by atoms with Crippen molar-refractivity contribution in [2.24, 2.45) is 11.1 Å². The first kappa shape index (κ1) is 22.5. The monoisotopic (exact) mass is 408 g/mol. The average Bonchev–Trinajstić information content (AvgIpc) is 2.52. The highest BCUT2D eigenvalue weighted by molar-refractivity contribution is 6.35. The number of hydrogen-bond donors (Lipinski definition) is 2. The van der Waals surface area contributed by atoms with Gasteiger partial charge >= 0.3 is 0 Å². The summed E-state index contributed by atoms with van der Waals surface area (Å²) in [5, 5.41) is 4.24. The lowest BCUT2D eigenvalue weighted by molar-refractivity contribution is -0.170. The molecule has 0 radical (unpaired) electrons. The summed E-state index contributed by atoms with van der Waals surface area (Å²) in [5.74, 6) is -0.106. The molecule has 2 atom stereocenters. The molecule has 1 fully saturated rings. The van der Waals surface area contributed by atoms with E-state index in [4.69, 9.17) is 33.7 Å². The van der Waals surface area contributed by atoms with Gasteiger partial charge in [0.1, 0.15) is 5.54 Å². The van der Waals surface area contributed by atoms with E-state index in [1.165, 1.54) is 0 Å². The molecule has 2 unspecified atom stereocenters. The fourth-order valence-corrected chi connectivity index (χ4v) is 3.69. The van der Waals surface area contributed by atoms with Crippen LogP contribution in [0.5, 0.6) is 0 Å². The summed E-state index contributed by atoms with van der Waals surface area (Å²) >= 11 is 12.0. The number of aryl methyl sites for hydroxylation is 1. The van der Waals surface area contributed by atoms with Gasteiger partial charge in [-0.15, -0.1) is 12.4 Å². The second-order valence-corrected chi connectivity index (χ2v) is 7.78. The van der Waals surface area contributed by atoms with Gasteiger partial charge in [-0.3, -0.25) is 4.79 Å². The maximum atomic E-state index is 12.5. The third-order valence-corrected chi connectivity index (χ3v) is 5.75. The van der Waals surface area contributed by atoms with Crippen LogP contribution in [0.15, 0.2) is 18.2 Å². The molecule has 1 aliphatic carbocycles. The van der Waals surface area contributed by atoms with Gasteiger partial charge in [-0.05, 0) is 37.5 Å². The number of ether oxygens (including phenoxy) is 1. The zero-order chi connectivity index (χ0) is 18.0. The van der Waals surface area contributed by atoms with Crippen LogP contribution in [0.25, 0.3) is 0 Å². The second-order valence-electron chi connectivity index (χ2n) is 6.94. The Morgan fingerprint density at radius 1 is 1.40 bits per heavy atom. The van der Waals surface area contributed by atoms with Crippen molar-refractivity contribution in [1.29, 1.82) is 0 Å². The maximum Gasteiger partial charge on any atom is 0.240 e. The fraction of sp³-hybridized carbons (Fsp3) is 0.611. The van der Waals surface area contributed by atoms with Gasteiger partial charge in [0.15, 0.2) is 0 Å². The van der Waals surface area contributed by atoms with Crippen molar-refractivity contribution in [1.82, 2.24) is 5.32 Å². The molecular weight excluding hydrogens is 383 g/mol. The van der Waals surface area contributed by atoms with Crippen LogP contribution in [0.2, 0.25) is 10.0 Å². The highest BCUT2D eigenvalue weighted by Gasteiger charge is 2.62. The highest BCUT2D eigenvalue weighted by atomic mass is 35.5. The first-order chi connectivity index (χ1) is 11.2. The van der Waals surface area contributed by atoms with Crippen molar-refractivity contribution in [2.75, 3.05) is 13.2 Å². The number of nitrogens with one attached hydrogen (secondary N) is 1. The van der Waals surface area contributed by atoms with Gasteiger partial charge < -0.3 is 15.8 Å². The summed E-state index contributed by atoms with van der Waals surface area (Å²) in [6.45, 7) is 7.13. The van der Waals surface area contributed by atoms with Crippen LogP contribution in [0.4, 0.5) is 0 Å². The largest absolute Gasteiger partial charge is 0.378 e. The molecule has 3 N–H and O–H groups in total. The van der Waals surface area contributed by atoms with Gasteiger partial charge in [0.25, 0.3) is 0 Å². The van der Waals surface area contributed by atoms with Gasteiger partial charge in [-0.1, -0.05) is 43.1 Å². The summed E-state index contributed by atoms with van der Waals surface area (Å²) < 4.78 is 5.66. The van der Waals surface area contributed by atoms with Crippen LogP contribution in [0, 0.1) is 5.41 Å². The number of carbonyl (C=O) groups is 1. The molecule has 25 heavy (non-hydrogen) atoms. The number of benzene rings is 1. The van der Waals surface area contributed by atoms with Crippen LogP contribution in [-0.4, -0.2) is 30.7 Å². The van der Waals surface area contributed by atoms with Gasteiger partial charge in [0.05, 0.1) is 6.10 Å². The minimum atomic E-state index is -0.870. The van der Waals surface area contributed by atoms with Crippen molar-refractivity contribution in [3.05, 3.63) is 33.8 Å². The first-order valence-electron chi connectivity index (χ1n) is 8.35. The molecule has 142 valence electrons. The third kappa shape index (κ3) is 4.61. The minimum Gasteiger partial charge on any atom is -0.378 e. The van der Waals surface area contributed by atoms with Crippen molar-refractivity contribution < 1.29 is 9.53 Å². The molecule has 0 spiro atoms.